The number of methoxy groups -OCH3 is 1. The predicted molar refractivity (Wildman–Crippen MR) is 213 cm³/mol. The largest absolute Gasteiger partial charge is 0.496 e. The van der Waals surface area contributed by atoms with Gasteiger partial charge < -0.3 is 15.8 Å². The van der Waals surface area contributed by atoms with Crippen molar-refractivity contribution in [1.82, 2.24) is 10.2 Å². The first-order valence-corrected chi connectivity index (χ1v) is 18.2. The number of nitrogens with zero attached hydrogens (tertiary/aromatic N) is 1. The van der Waals surface area contributed by atoms with Crippen molar-refractivity contribution in [1.29, 1.82) is 0 Å². The van der Waals surface area contributed by atoms with Gasteiger partial charge in [-0.3, -0.25) is 9.69 Å². The Kier molecular flexibility index (Phi) is 17.4. The highest BCUT2D eigenvalue weighted by Gasteiger charge is 2.34. The predicted octanol–water partition coefficient (Wildman–Crippen LogP) is 9.31. The van der Waals surface area contributed by atoms with Gasteiger partial charge in [0.25, 0.3) is 0 Å². The summed E-state index contributed by atoms with van der Waals surface area (Å²) in [5, 5.41) is 3.16. The van der Waals surface area contributed by atoms with Gasteiger partial charge in [0.05, 0.1) is 7.11 Å². The van der Waals surface area contributed by atoms with E-state index < -0.39 is 0 Å². The van der Waals surface area contributed by atoms with Gasteiger partial charge in [-0.05, 0) is 123 Å². The molecule has 0 spiro atoms. The van der Waals surface area contributed by atoms with Crippen molar-refractivity contribution in [2.24, 2.45) is 5.73 Å². The van der Waals surface area contributed by atoms with Crippen molar-refractivity contribution >= 4 is 30.7 Å². The summed E-state index contributed by atoms with van der Waals surface area (Å²) in [6, 6.07) is 33.2. The minimum atomic E-state index is -0.257. The van der Waals surface area contributed by atoms with Crippen LogP contribution < -0.4 is 15.8 Å². The van der Waals surface area contributed by atoms with Crippen molar-refractivity contribution in [3.8, 4) is 5.75 Å². The number of halogens is 3. The number of fused-ring (bicyclic) bond motifs is 1. The molecule has 1 amide bonds. The molecule has 51 heavy (non-hydrogen) atoms. The molecule has 5 rings (SSSR count). The van der Waals surface area contributed by atoms with E-state index in [4.69, 9.17) is 10.5 Å². The first-order chi connectivity index (χ1) is 23.9. The van der Waals surface area contributed by atoms with Gasteiger partial charge in [-0.15, -0.1) is 24.8 Å². The first-order valence-electron chi connectivity index (χ1n) is 18.2. The van der Waals surface area contributed by atoms with E-state index in [1.54, 1.807) is 19.2 Å². The molecule has 0 saturated heterocycles. The lowest BCUT2D eigenvalue weighted by Gasteiger charge is -2.40. The lowest BCUT2D eigenvalue weighted by molar-refractivity contribution is -0.121. The van der Waals surface area contributed by atoms with Gasteiger partial charge in [0, 0.05) is 31.0 Å². The van der Waals surface area contributed by atoms with E-state index in [-0.39, 0.29) is 42.0 Å². The number of unbranched alkanes of at least 4 members (excludes halogenated alkanes) is 1. The summed E-state index contributed by atoms with van der Waals surface area (Å²) in [6.45, 7) is 5.56. The number of rotatable bonds is 18. The van der Waals surface area contributed by atoms with E-state index in [2.05, 4.69) is 89.9 Å². The molecule has 276 valence electrons. The number of benzene rings is 4. The number of hydrogen-bond donors (Lipinski definition) is 2. The van der Waals surface area contributed by atoms with E-state index in [9.17, 15) is 9.18 Å². The number of carbonyl (C=O) groups is 1. The van der Waals surface area contributed by atoms with E-state index >= 15 is 0 Å². The van der Waals surface area contributed by atoms with Crippen molar-refractivity contribution in [3.63, 3.8) is 0 Å². The number of aryl methyl sites for hydroxylation is 2. The first kappa shape index (κ1) is 42.0. The quantitative estimate of drug-likeness (QED) is 0.100. The van der Waals surface area contributed by atoms with Crippen LogP contribution in [0.1, 0.15) is 90.8 Å². The van der Waals surface area contributed by atoms with Crippen LogP contribution >= 0.6 is 24.8 Å². The van der Waals surface area contributed by atoms with Crippen LogP contribution in [0.3, 0.4) is 0 Å². The fourth-order valence-electron chi connectivity index (χ4n) is 7.80. The monoisotopic (exact) mass is 735 g/mol. The van der Waals surface area contributed by atoms with Crippen LogP contribution in [-0.4, -0.2) is 44.1 Å². The molecule has 0 aliphatic carbocycles. The molecule has 0 fully saturated rings. The van der Waals surface area contributed by atoms with Gasteiger partial charge >= 0.3 is 0 Å². The molecule has 1 aliphatic rings. The number of ether oxygens (including phenoxy) is 1. The van der Waals surface area contributed by atoms with Gasteiger partial charge in [-0.25, -0.2) is 4.39 Å². The average molecular weight is 737 g/mol. The van der Waals surface area contributed by atoms with Gasteiger partial charge in [0.2, 0.25) is 5.91 Å². The van der Waals surface area contributed by atoms with Gasteiger partial charge in [0.15, 0.2) is 0 Å². The van der Waals surface area contributed by atoms with Crippen molar-refractivity contribution in [2.75, 3.05) is 33.3 Å². The van der Waals surface area contributed by atoms with Crippen LogP contribution in [0.5, 0.6) is 5.75 Å². The van der Waals surface area contributed by atoms with Crippen molar-refractivity contribution < 1.29 is 13.9 Å². The SMILES string of the molecule is COc1cc2c(cc1C)CCN(CCCC(CCCNC(=O)CCc1ccc(F)cc1)(c1ccccc1)c1ccccc1)C2CCCCN.Cl.Cl. The minimum Gasteiger partial charge on any atom is -0.496 e. The fraction of sp³-hybridized carbons (Fsp3) is 0.419. The average Bonchev–Trinajstić information content (AvgIpc) is 3.13. The Morgan fingerprint density at radius 3 is 2.18 bits per heavy atom. The Labute approximate surface area is 317 Å². The standard InChI is InChI=1S/C43H54FN3O2.2ClH/c1-33-31-35-24-30-47(40(17-9-10-27-45)39(35)32-41(33)49-2)29-12-26-43(36-13-5-3-6-14-36,37-15-7-4-8-16-37)25-11-28-46-42(48)23-20-34-18-21-38(44)22-19-34;;/h3-8,13-16,18-19,21-22,31-32,40H,9-12,17,20,23-30,45H2,1-2H3,(H,46,48);2*1H. The summed E-state index contributed by atoms with van der Waals surface area (Å²) in [7, 11) is 1.77. The summed E-state index contributed by atoms with van der Waals surface area (Å²) in [6.07, 6.45) is 9.15. The molecule has 3 N–H and O–H groups in total. The van der Waals surface area contributed by atoms with Gasteiger partial charge in [-0.2, -0.15) is 0 Å². The molecular weight excluding hydrogens is 680 g/mol. The molecular formula is C43H56Cl2FN3O2. The molecule has 0 bridgehead atoms. The second-order valence-corrected chi connectivity index (χ2v) is 13.6. The highest BCUT2D eigenvalue weighted by molar-refractivity contribution is 5.85. The Morgan fingerprint density at radius 1 is 0.902 bits per heavy atom. The molecule has 1 unspecified atom stereocenters. The number of carbonyl (C=O) groups excluding carboxylic acids is 1. The van der Waals surface area contributed by atoms with Crippen LogP contribution in [-0.2, 0) is 23.1 Å². The van der Waals surface area contributed by atoms with Gasteiger partial charge in [-0.1, -0.05) is 85.3 Å². The highest BCUT2D eigenvalue weighted by atomic mass is 35.5. The molecule has 8 heteroatoms. The van der Waals surface area contributed by atoms with E-state index in [1.807, 2.05) is 0 Å². The number of amides is 1. The van der Waals surface area contributed by atoms with E-state index in [1.165, 1.54) is 39.9 Å². The molecule has 1 atom stereocenters. The Morgan fingerprint density at radius 2 is 1.55 bits per heavy atom. The summed E-state index contributed by atoms with van der Waals surface area (Å²) in [5.41, 5.74) is 13.4. The zero-order valence-electron chi connectivity index (χ0n) is 30.2. The van der Waals surface area contributed by atoms with Crippen LogP contribution in [0.25, 0.3) is 0 Å². The molecule has 0 aromatic heterocycles. The van der Waals surface area contributed by atoms with Crippen molar-refractivity contribution in [2.45, 2.75) is 82.6 Å². The molecule has 4 aromatic rings. The minimum absolute atomic E-state index is 0. The maximum Gasteiger partial charge on any atom is 0.220 e. The zero-order chi connectivity index (χ0) is 34.5. The van der Waals surface area contributed by atoms with E-state index in [0.717, 1.165) is 82.3 Å². The third-order valence-electron chi connectivity index (χ3n) is 10.4. The molecule has 0 saturated carbocycles. The zero-order valence-corrected chi connectivity index (χ0v) is 31.9. The van der Waals surface area contributed by atoms with Crippen LogP contribution in [0.15, 0.2) is 97.1 Å². The number of nitrogens with two attached hydrogens (primary N) is 1. The topological polar surface area (TPSA) is 67.6 Å². The Hall–Kier alpha value is -3.42. The molecule has 1 heterocycles. The number of nitrogens with one attached hydrogen (secondary N) is 1. The van der Waals surface area contributed by atoms with Crippen LogP contribution in [0.4, 0.5) is 4.39 Å². The maximum absolute atomic E-state index is 13.3. The number of hydrogen-bond acceptors (Lipinski definition) is 4. The van der Waals surface area contributed by atoms with Crippen molar-refractivity contribution in [3.05, 3.63) is 136 Å². The third kappa shape index (κ3) is 11.3. The molecule has 5 nitrogen and oxygen atoms in total. The Bertz CT molecular complexity index is 1570. The normalized spacial score (nSPS) is 14.2. The van der Waals surface area contributed by atoms with Crippen LogP contribution in [0, 0.1) is 12.7 Å². The van der Waals surface area contributed by atoms with E-state index in [0.29, 0.717) is 25.4 Å². The summed E-state index contributed by atoms with van der Waals surface area (Å²) < 4.78 is 19.0. The molecule has 0 radical (unpaired) electrons. The third-order valence-corrected chi connectivity index (χ3v) is 10.4. The maximum atomic E-state index is 13.3. The fourth-order valence-corrected chi connectivity index (χ4v) is 7.80. The van der Waals surface area contributed by atoms with Gasteiger partial charge in [0.1, 0.15) is 11.6 Å². The summed E-state index contributed by atoms with van der Waals surface area (Å²) >= 11 is 0. The smallest absolute Gasteiger partial charge is 0.220 e. The lowest BCUT2D eigenvalue weighted by atomic mass is 9.68. The molecule has 4 aromatic carbocycles. The lowest BCUT2D eigenvalue weighted by Crippen LogP contribution is -2.37. The summed E-state index contributed by atoms with van der Waals surface area (Å²) in [5.74, 6) is 0.749. The molecule has 1 aliphatic heterocycles. The highest BCUT2D eigenvalue weighted by Crippen LogP contribution is 2.42. The second kappa shape index (κ2) is 21.2. The Balaban J connectivity index is 0.00000351. The second-order valence-electron chi connectivity index (χ2n) is 13.6. The van der Waals surface area contributed by atoms with Crippen LogP contribution in [0.2, 0.25) is 0 Å². The summed E-state index contributed by atoms with van der Waals surface area (Å²) in [4.78, 5) is 15.5.